The smallest absolute Gasteiger partial charge is 0.195 e. The van der Waals surface area contributed by atoms with Gasteiger partial charge in [0.1, 0.15) is 12.7 Å². The van der Waals surface area contributed by atoms with Crippen molar-refractivity contribution in [3.63, 3.8) is 0 Å². The number of rotatable bonds is 0. The Morgan fingerprint density at radius 3 is 2.91 bits per heavy atom. The Hall–Kier alpha value is -1.72. The van der Waals surface area contributed by atoms with Crippen LogP contribution in [0, 0.1) is 0 Å². The molecule has 0 unspecified atom stereocenters. The van der Waals surface area contributed by atoms with Gasteiger partial charge in [0.2, 0.25) is 0 Å². The molecule has 2 aliphatic heterocycles. The summed E-state index contributed by atoms with van der Waals surface area (Å²) in [7, 11) is 0. The molecule has 5 nitrogen and oxygen atoms in total. The highest BCUT2D eigenvalue weighted by Gasteiger charge is 2.13. The number of hydrogen-bond donors (Lipinski definition) is 1. The number of anilines is 1. The van der Waals surface area contributed by atoms with Crippen LogP contribution in [-0.4, -0.2) is 19.7 Å². The molecule has 6 heteroatoms. The SMILES string of the molecule is Nc1ncn(F)c2ncnc1-2. The largest absolute Gasteiger partial charge is 0.382 e. The lowest BCUT2D eigenvalue weighted by Crippen LogP contribution is -2.01. The molecule has 2 rings (SSSR count). The summed E-state index contributed by atoms with van der Waals surface area (Å²) in [4.78, 5) is 11.2. The van der Waals surface area contributed by atoms with Gasteiger partial charge >= 0.3 is 0 Å². The van der Waals surface area contributed by atoms with Crippen LogP contribution in [0.15, 0.2) is 12.7 Å². The number of nitrogen functional groups attached to an aromatic ring is 1. The number of aromatic nitrogens is 4. The third-order valence-corrected chi connectivity index (χ3v) is 1.32. The van der Waals surface area contributed by atoms with Crippen LogP contribution in [0.5, 0.6) is 0 Å². The minimum atomic E-state index is 0.0949. The fourth-order valence-corrected chi connectivity index (χ4v) is 0.826. The minimum Gasteiger partial charge on any atom is -0.382 e. The molecule has 2 N–H and O–H groups in total. The van der Waals surface area contributed by atoms with E-state index in [0.29, 0.717) is 0 Å². The Labute approximate surface area is 61.0 Å². The molecule has 0 saturated heterocycles. The number of nitrogens with zero attached hydrogens (tertiary/aromatic N) is 4. The van der Waals surface area contributed by atoms with E-state index in [2.05, 4.69) is 15.0 Å². The minimum absolute atomic E-state index is 0.0949. The van der Waals surface area contributed by atoms with Gasteiger partial charge in [-0.2, -0.15) is 0 Å². The van der Waals surface area contributed by atoms with Crippen molar-refractivity contribution in [2.24, 2.45) is 0 Å². The van der Waals surface area contributed by atoms with E-state index < -0.39 is 0 Å². The predicted molar refractivity (Wildman–Crippen MR) is 35.4 cm³/mol. The van der Waals surface area contributed by atoms with E-state index in [0.717, 1.165) is 6.33 Å². The van der Waals surface area contributed by atoms with E-state index in [1.165, 1.54) is 6.33 Å². The van der Waals surface area contributed by atoms with E-state index in [4.69, 9.17) is 5.73 Å². The van der Waals surface area contributed by atoms with Gasteiger partial charge < -0.3 is 5.73 Å². The summed E-state index contributed by atoms with van der Waals surface area (Å²) in [6, 6.07) is 0. The van der Waals surface area contributed by atoms with Gasteiger partial charge in [0.15, 0.2) is 17.3 Å². The first-order chi connectivity index (χ1) is 5.29. The highest BCUT2D eigenvalue weighted by atomic mass is 19.2. The molecule has 0 radical (unpaired) electrons. The highest BCUT2D eigenvalue weighted by molar-refractivity contribution is 5.63. The Morgan fingerprint density at radius 2 is 2.18 bits per heavy atom. The van der Waals surface area contributed by atoms with Crippen LogP contribution in [0.2, 0.25) is 0 Å². The van der Waals surface area contributed by atoms with Crippen LogP contribution < -0.4 is 5.73 Å². The lowest BCUT2D eigenvalue weighted by molar-refractivity contribution is 0.362. The summed E-state index contributed by atoms with van der Waals surface area (Å²) in [5.74, 6) is 0.281. The molecule has 0 aliphatic carbocycles. The summed E-state index contributed by atoms with van der Waals surface area (Å²) < 4.78 is 12.7. The first-order valence-corrected chi connectivity index (χ1v) is 2.88. The van der Waals surface area contributed by atoms with Crippen molar-refractivity contribution in [1.29, 1.82) is 0 Å². The fraction of sp³-hybridized carbons (Fsp3) is 0. The van der Waals surface area contributed by atoms with Crippen LogP contribution in [0.4, 0.5) is 10.3 Å². The van der Waals surface area contributed by atoms with Crippen molar-refractivity contribution in [3.8, 4) is 11.5 Å². The Bertz CT molecular complexity index is 323. The van der Waals surface area contributed by atoms with Crippen molar-refractivity contribution in [2.75, 3.05) is 5.73 Å². The molecule has 0 aromatic carbocycles. The first-order valence-electron chi connectivity index (χ1n) is 2.88. The lowest BCUT2D eigenvalue weighted by atomic mass is 10.4. The van der Waals surface area contributed by atoms with Crippen molar-refractivity contribution in [1.82, 2.24) is 19.7 Å². The molecule has 0 atom stereocenters. The summed E-state index contributed by atoms with van der Waals surface area (Å²) in [5, 5.41) is 0. The zero-order valence-corrected chi connectivity index (χ0v) is 5.40. The van der Waals surface area contributed by atoms with Gasteiger partial charge in [-0.1, -0.05) is 4.48 Å². The van der Waals surface area contributed by atoms with E-state index in [1.807, 2.05) is 0 Å². The monoisotopic (exact) mass is 153 g/mol. The molecular formula is C5H4FN5. The zero-order valence-electron chi connectivity index (χ0n) is 5.40. The maximum absolute atomic E-state index is 12.7. The Morgan fingerprint density at radius 1 is 1.36 bits per heavy atom. The van der Waals surface area contributed by atoms with E-state index in [9.17, 15) is 4.48 Å². The molecule has 11 heavy (non-hydrogen) atoms. The maximum Gasteiger partial charge on any atom is 0.195 e. The predicted octanol–water partition coefficient (Wildman–Crippen LogP) is 0.0927. The van der Waals surface area contributed by atoms with Crippen LogP contribution >= 0.6 is 0 Å². The van der Waals surface area contributed by atoms with Gasteiger partial charge in [-0.3, -0.25) is 0 Å². The lowest BCUT2D eigenvalue weighted by Gasteiger charge is -2.00. The molecule has 0 aromatic rings. The number of halogens is 1. The van der Waals surface area contributed by atoms with Crippen LogP contribution in [-0.2, 0) is 0 Å². The van der Waals surface area contributed by atoms with Crippen molar-refractivity contribution in [3.05, 3.63) is 12.7 Å². The molecule has 0 aromatic heterocycles. The fourth-order valence-electron chi connectivity index (χ4n) is 0.826. The maximum atomic E-state index is 12.7. The van der Waals surface area contributed by atoms with Gasteiger partial charge in [-0.15, -0.1) is 4.79 Å². The van der Waals surface area contributed by atoms with Gasteiger partial charge in [0.25, 0.3) is 0 Å². The second kappa shape index (κ2) is 1.88. The average molecular weight is 153 g/mol. The number of nitrogens with two attached hydrogens (primary N) is 1. The van der Waals surface area contributed by atoms with Gasteiger partial charge in [0.05, 0.1) is 0 Å². The highest BCUT2D eigenvalue weighted by Crippen LogP contribution is 2.20. The van der Waals surface area contributed by atoms with Crippen molar-refractivity contribution in [2.45, 2.75) is 0 Å². The zero-order chi connectivity index (χ0) is 7.84. The van der Waals surface area contributed by atoms with E-state index >= 15 is 0 Å². The molecule has 0 bridgehead atoms. The molecule has 0 amide bonds. The summed E-state index contributed by atoms with van der Waals surface area (Å²) in [6.07, 6.45) is 2.19. The normalized spacial score (nSPS) is 10.6. The molecule has 2 aliphatic rings. The van der Waals surface area contributed by atoms with Crippen LogP contribution in [0.3, 0.4) is 0 Å². The topological polar surface area (TPSA) is 69.6 Å². The summed E-state index contributed by atoms with van der Waals surface area (Å²) in [6.45, 7) is 0. The molecule has 56 valence electrons. The third-order valence-electron chi connectivity index (χ3n) is 1.32. The van der Waals surface area contributed by atoms with Gasteiger partial charge in [0, 0.05) is 0 Å². The Balaban J connectivity index is 2.82. The molecule has 0 saturated carbocycles. The van der Waals surface area contributed by atoms with E-state index in [-0.39, 0.29) is 22.1 Å². The van der Waals surface area contributed by atoms with Crippen LogP contribution in [0.25, 0.3) is 11.5 Å². The van der Waals surface area contributed by atoms with Crippen LogP contribution in [0.1, 0.15) is 0 Å². The number of hydrogen-bond acceptors (Lipinski definition) is 4. The van der Waals surface area contributed by atoms with Crippen molar-refractivity contribution < 1.29 is 4.48 Å². The molecule has 2 heterocycles. The van der Waals surface area contributed by atoms with Gasteiger partial charge in [-0.05, 0) is 0 Å². The summed E-state index contributed by atoms with van der Waals surface area (Å²) in [5.41, 5.74) is 5.66. The molecule has 0 spiro atoms. The number of imidazole rings is 1. The molecule has 0 fully saturated rings. The first kappa shape index (κ1) is 6.02. The standard InChI is InChI=1S/C5H4FN5/c6-11-2-10-4(7)3-5(11)9-1-8-3/h1-2H,7H2. The van der Waals surface area contributed by atoms with Gasteiger partial charge in [-0.25, -0.2) is 15.0 Å². The summed E-state index contributed by atoms with van der Waals surface area (Å²) >= 11 is 0. The molecular weight excluding hydrogens is 149 g/mol. The quantitative estimate of drug-likeness (QED) is 0.582. The average Bonchev–Trinajstić information content (AvgIpc) is 2.45. The third kappa shape index (κ3) is 0.721. The second-order valence-corrected chi connectivity index (χ2v) is 1.99. The Kier molecular flexibility index (Phi) is 1.03. The number of fused-ring (bicyclic) bond motifs is 1. The van der Waals surface area contributed by atoms with E-state index in [1.54, 1.807) is 0 Å². The van der Waals surface area contributed by atoms with Crippen molar-refractivity contribution >= 4 is 5.82 Å². The second-order valence-electron chi connectivity index (χ2n) is 1.99.